The number of aliphatic imine (C=N–C) groups is 1. The molecule has 3 atom stereocenters. The van der Waals surface area contributed by atoms with Gasteiger partial charge in [-0.1, -0.05) is 12.8 Å². The molecule has 2 aliphatic rings. The lowest BCUT2D eigenvalue weighted by Crippen LogP contribution is -2.46. The quantitative estimate of drug-likeness (QED) is 0.409. The summed E-state index contributed by atoms with van der Waals surface area (Å²) in [6.07, 6.45) is -2.07. The van der Waals surface area contributed by atoms with Crippen LogP contribution in [0.2, 0.25) is 0 Å². The van der Waals surface area contributed by atoms with Crippen molar-refractivity contribution < 1.29 is 18.3 Å². The van der Waals surface area contributed by atoms with Gasteiger partial charge in [0, 0.05) is 20.1 Å². The molecule has 0 bridgehead atoms. The van der Waals surface area contributed by atoms with E-state index in [1.54, 1.807) is 7.05 Å². The van der Waals surface area contributed by atoms with Crippen molar-refractivity contribution in [2.75, 3.05) is 26.7 Å². The van der Waals surface area contributed by atoms with Gasteiger partial charge in [0.15, 0.2) is 12.1 Å². The van der Waals surface area contributed by atoms with Crippen molar-refractivity contribution in [2.24, 2.45) is 16.8 Å². The number of nitrogens with one attached hydrogen (secondary N) is 1. The Hall–Kier alpha value is -0.250. The zero-order chi connectivity index (χ0) is 14.8. The van der Waals surface area contributed by atoms with E-state index in [0.29, 0.717) is 17.8 Å². The average Bonchev–Trinajstić information content (AvgIpc) is 2.81. The Labute approximate surface area is 140 Å². The molecular weight excluding hydrogens is 398 g/mol. The lowest BCUT2D eigenvalue weighted by Gasteiger charge is -2.23. The normalized spacial score (nSPS) is 27.9. The van der Waals surface area contributed by atoms with E-state index >= 15 is 0 Å². The van der Waals surface area contributed by atoms with E-state index in [0.717, 1.165) is 13.1 Å². The summed E-state index contributed by atoms with van der Waals surface area (Å²) in [5.74, 6) is 1.73. The summed E-state index contributed by atoms with van der Waals surface area (Å²) < 4.78 is 36.8. The SMILES string of the molecule is CN=C(NCC(O)C(F)(F)F)N1CC2CCCCC2C1.I. The van der Waals surface area contributed by atoms with Crippen molar-refractivity contribution in [1.82, 2.24) is 10.2 Å². The molecule has 21 heavy (non-hydrogen) atoms. The van der Waals surface area contributed by atoms with Crippen LogP contribution in [-0.4, -0.2) is 54.9 Å². The van der Waals surface area contributed by atoms with Crippen LogP contribution >= 0.6 is 24.0 Å². The third-order valence-corrected chi connectivity index (χ3v) is 4.32. The molecule has 4 nitrogen and oxygen atoms in total. The summed E-state index contributed by atoms with van der Waals surface area (Å²) in [6.45, 7) is 1.15. The minimum absolute atomic E-state index is 0. The minimum atomic E-state index is -4.59. The van der Waals surface area contributed by atoms with E-state index < -0.39 is 18.8 Å². The van der Waals surface area contributed by atoms with E-state index in [2.05, 4.69) is 10.3 Å². The van der Waals surface area contributed by atoms with E-state index in [1.807, 2.05) is 4.90 Å². The molecule has 0 aromatic heterocycles. The summed E-state index contributed by atoms with van der Waals surface area (Å²) in [7, 11) is 1.56. The number of likely N-dealkylation sites (tertiary alicyclic amines) is 1. The van der Waals surface area contributed by atoms with Gasteiger partial charge in [-0.2, -0.15) is 13.2 Å². The summed E-state index contributed by atoms with van der Waals surface area (Å²) in [6, 6.07) is 0. The molecule has 2 N–H and O–H groups in total. The predicted molar refractivity (Wildman–Crippen MR) is 85.9 cm³/mol. The second kappa shape index (κ2) is 7.85. The van der Waals surface area contributed by atoms with Gasteiger partial charge in [0.1, 0.15) is 0 Å². The maximum Gasteiger partial charge on any atom is 0.416 e. The van der Waals surface area contributed by atoms with E-state index in [4.69, 9.17) is 5.11 Å². The Balaban J connectivity index is 0.00000220. The minimum Gasteiger partial charge on any atom is -0.382 e. The Morgan fingerprint density at radius 2 is 1.81 bits per heavy atom. The Bertz CT molecular complexity index is 351. The monoisotopic (exact) mass is 421 g/mol. The first kappa shape index (κ1) is 18.8. The molecule has 1 heterocycles. The predicted octanol–water partition coefficient (Wildman–Crippen LogP) is 2.23. The molecule has 2 rings (SSSR count). The molecule has 0 spiro atoms. The number of hydrogen-bond acceptors (Lipinski definition) is 2. The van der Waals surface area contributed by atoms with Crippen molar-refractivity contribution in [3.63, 3.8) is 0 Å². The van der Waals surface area contributed by atoms with Gasteiger partial charge in [-0.25, -0.2) is 0 Å². The van der Waals surface area contributed by atoms with Crippen molar-refractivity contribution in [3.8, 4) is 0 Å². The van der Waals surface area contributed by atoms with Crippen LogP contribution in [0.3, 0.4) is 0 Å². The van der Waals surface area contributed by atoms with Gasteiger partial charge in [0.2, 0.25) is 0 Å². The lowest BCUT2D eigenvalue weighted by molar-refractivity contribution is -0.201. The molecule has 1 saturated heterocycles. The van der Waals surface area contributed by atoms with Crippen LogP contribution in [0.15, 0.2) is 4.99 Å². The van der Waals surface area contributed by atoms with Gasteiger partial charge in [-0.3, -0.25) is 4.99 Å². The highest BCUT2D eigenvalue weighted by Gasteiger charge is 2.39. The van der Waals surface area contributed by atoms with Crippen LogP contribution in [0.5, 0.6) is 0 Å². The van der Waals surface area contributed by atoms with Crippen LogP contribution in [0.4, 0.5) is 13.2 Å². The fourth-order valence-corrected chi connectivity index (χ4v) is 3.21. The topological polar surface area (TPSA) is 47.9 Å². The van der Waals surface area contributed by atoms with Gasteiger partial charge in [-0.05, 0) is 24.7 Å². The molecule has 1 aliphatic heterocycles. The van der Waals surface area contributed by atoms with Crippen LogP contribution < -0.4 is 5.32 Å². The van der Waals surface area contributed by atoms with Crippen LogP contribution in [-0.2, 0) is 0 Å². The van der Waals surface area contributed by atoms with Gasteiger partial charge >= 0.3 is 6.18 Å². The van der Waals surface area contributed by atoms with Crippen LogP contribution in [0.1, 0.15) is 25.7 Å². The second-order valence-electron chi connectivity index (χ2n) is 5.70. The number of aliphatic hydroxyl groups is 1. The summed E-state index contributed by atoms with van der Waals surface area (Å²) >= 11 is 0. The molecule has 1 aliphatic carbocycles. The van der Waals surface area contributed by atoms with Crippen molar-refractivity contribution >= 4 is 29.9 Å². The Morgan fingerprint density at radius 1 is 1.29 bits per heavy atom. The number of nitrogens with zero attached hydrogens (tertiary/aromatic N) is 2. The molecule has 0 amide bonds. The van der Waals surface area contributed by atoms with Gasteiger partial charge in [0.05, 0.1) is 6.54 Å². The van der Waals surface area contributed by atoms with Crippen molar-refractivity contribution in [2.45, 2.75) is 38.0 Å². The van der Waals surface area contributed by atoms with Crippen molar-refractivity contribution in [1.29, 1.82) is 0 Å². The number of fused-ring (bicyclic) bond motifs is 1. The third-order valence-electron chi connectivity index (χ3n) is 4.32. The standard InChI is InChI=1S/C13H22F3N3O.HI/c1-17-12(18-6-11(20)13(14,15)16)19-7-9-4-2-3-5-10(9)8-19;/h9-11,20H,2-8H2,1H3,(H,17,18);1H. The van der Waals surface area contributed by atoms with E-state index in [-0.39, 0.29) is 24.0 Å². The third kappa shape index (κ3) is 4.87. The van der Waals surface area contributed by atoms with Gasteiger partial charge < -0.3 is 15.3 Å². The molecule has 124 valence electrons. The smallest absolute Gasteiger partial charge is 0.382 e. The first-order valence-corrected chi connectivity index (χ1v) is 7.12. The molecule has 8 heteroatoms. The van der Waals surface area contributed by atoms with Crippen LogP contribution in [0, 0.1) is 11.8 Å². The number of alkyl halides is 3. The maximum absolute atomic E-state index is 12.3. The Morgan fingerprint density at radius 3 is 2.24 bits per heavy atom. The largest absolute Gasteiger partial charge is 0.416 e. The zero-order valence-corrected chi connectivity index (χ0v) is 14.4. The highest BCUT2D eigenvalue weighted by Crippen LogP contribution is 2.35. The lowest BCUT2D eigenvalue weighted by atomic mass is 9.82. The first-order valence-electron chi connectivity index (χ1n) is 7.12. The average molecular weight is 421 g/mol. The molecule has 2 fully saturated rings. The number of halogens is 4. The fourth-order valence-electron chi connectivity index (χ4n) is 3.21. The van der Waals surface area contributed by atoms with Gasteiger partial charge in [0.25, 0.3) is 0 Å². The van der Waals surface area contributed by atoms with E-state index in [9.17, 15) is 13.2 Å². The molecule has 0 aromatic rings. The zero-order valence-electron chi connectivity index (χ0n) is 12.1. The summed E-state index contributed by atoms with van der Waals surface area (Å²) in [4.78, 5) is 6.05. The number of hydrogen-bond donors (Lipinski definition) is 2. The highest BCUT2D eigenvalue weighted by molar-refractivity contribution is 14.0. The maximum atomic E-state index is 12.3. The van der Waals surface area contributed by atoms with Crippen molar-refractivity contribution in [3.05, 3.63) is 0 Å². The molecule has 0 aromatic carbocycles. The second-order valence-corrected chi connectivity index (χ2v) is 5.70. The highest BCUT2D eigenvalue weighted by atomic mass is 127. The number of rotatable bonds is 2. The fraction of sp³-hybridized carbons (Fsp3) is 0.923. The number of aliphatic hydroxyl groups excluding tert-OH is 1. The Kier molecular flexibility index (Phi) is 7.02. The summed E-state index contributed by atoms with van der Waals surface area (Å²) in [5, 5.41) is 11.7. The molecule has 3 unspecified atom stereocenters. The van der Waals surface area contributed by atoms with Crippen LogP contribution in [0.25, 0.3) is 0 Å². The summed E-state index contributed by atoms with van der Waals surface area (Å²) in [5.41, 5.74) is 0. The van der Waals surface area contributed by atoms with E-state index in [1.165, 1.54) is 25.7 Å². The first-order chi connectivity index (χ1) is 9.41. The van der Waals surface area contributed by atoms with Gasteiger partial charge in [-0.15, -0.1) is 24.0 Å². The molecule has 1 saturated carbocycles. The molecular formula is C13H23F3IN3O. The molecule has 0 radical (unpaired) electrons. The number of guanidine groups is 1.